The van der Waals surface area contributed by atoms with E-state index in [1.54, 1.807) is 12.1 Å². The van der Waals surface area contributed by atoms with Crippen molar-refractivity contribution in [2.75, 3.05) is 5.32 Å². The van der Waals surface area contributed by atoms with Gasteiger partial charge in [-0.05, 0) is 42.7 Å². The molecule has 0 aromatic heterocycles. The van der Waals surface area contributed by atoms with E-state index in [2.05, 4.69) is 10.6 Å². The molecule has 0 unspecified atom stereocenters. The molecule has 4 heteroatoms. The predicted octanol–water partition coefficient (Wildman–Crippen LogP) is 4.28. The normalized spacial score (nSPS) is 10.2. The molecule has 20 heavy (non-hydrogen) atoms. The van der Waals surface area contributed by atoms with E-state index < -0.39 is 0 Å². The molecule has 0 saturated heterocycles. The molecule has 0 atom stereocenters. The number of aryl methyl sites for hydroxylation is 2. The predicted molar refractivity (Wildman–Crippen MR) is 83.2 cm³/mol. The Kier molecular flexibility index (Phi) is 4.64. The van der Waals surface area contributed by atoms with Crippen molar-refractivity contribution in [2.24, 2.45) is 0 Å². The van der Waals surface area contributed by atoms with E-state index in [-0.39, 0.29) is 6.03 Å². The number of anilines is 1. The lowest BCUT2D eigenvalue weighted by Crippen LogP contribution is -2.28. The van der Waals surface area contributed by atoms with E-state index in [0.717, 1.165) is 22.4 Å². The Bertz CT molecular complexity index is 626. The van der Waals surface area contributed by atoms with Gasteiger partial charge in [0.25, 0.3) is 0 Å². The lowest BCUT2D eigenvalue weighted by Gasteiger charge is -2.11. The summed E-state index contributed by atoms with van der Waals surface area (Å²) in [6, 6.07) is 13.1. The molecule has 0 aliphatic rings. The molecule has 0 spiro atoms. The van der Waals surface area contributed by atoms with Gasteiger partial charge < -0.3 is 10.6 Å². The van der Waals surface area contributed by atoms with Crippen molar-refractivity contribution in [2.45, 2.75) is 20.4 Å². The van der Waals surface area contributed by atoms with Crippen molar-refractivity contribution in [1.29, 1.82) is 0 Å². The molecule has 0 radical (unpaired) electrons. The van der Waals surface area contributed by atoms with Gasteiger partial charge in [0.2, 0.25) is 0 Å². The molecule has 2 aromatic carbocycles. The number of rotatable bonds is 3. The Morgan fingerprint density at radius 3 is 2.60 bits per heavy atom. The first kappa shape index (κ1) is 14.4. The van der Waals surface area contributed by atoms with Crippen LogP contribution in [0.5, 0.6) is 0 Å². The summed E-state index contributed by atoms with van der Waals surface area (Å²) >= 11 is 5.92. The first-order chi connectivity index (χ1) is 9.56. The lowest BCUT2D eigenvalue weighted by molar-refractivity contribution is 0.251. The monoisotopic (exact) mass is 288 g/mol. The number of carbonyl (C=O) groups is 1. The van der Waals surface area contributed by atoms with Crippen LogP contribution in [0.4, 0.5) is 10.5 Å². The molecule has 0 bridgehead atoms. The molecule has 2 N–H and O–H groups in total. The molecule has 0 heterocycles. The third-order valence-electron chi connectivity index (χ3n) is 3.15. The molecule has 2 aromatic rings. The average Bonchev–Trinajstić information content (AvgIpc) is 2.42. The van der Waals surface area contributed by atoms with Crippen molar-refractivity contribution in [3.8, 4) is 0 Å². The minimum Gasteiger partial charge on any atom is -0.334 e. The van der Waals surface area contributed by atoms with E-state index in [9.17, 15) is 4.79 Å². The Labute approximate surface area is 124 Å². The van der Waals surface area contributed by atoms with Crippen LogP contribution in [0.2, 0.25) is 5.02 Å². The van der Waals surface area contributed by atoms with E-state index in [0.29, 0.717) is 11.6 Å². The van der Waals surface area contributed by atoms with Crippen LogP contribution in [0.3, 0.4) is 0 Å². The van der Waals surface area contributed by atoms with Crippen LogP contribution < -0.4 is 10.6 Å². The quantitative estimate of drug-likeness (QED) is 0.869. The fraction of sp³-hybridized carbons (Fsp3) is 0.188. The fourth-order valence-corrected chi connectivity index (χ4v) is 2.05. The van der Waals surface area contributed by atoms with E-state index in [1.807, 2.05) is 44.2 Å². The third kappa shape index (κ3) is 3.75. The summed E-state index contributed by atoms with van der Waals surface area (Å²) in [5.74, 6) is 0. The highest BCUT2D eigenvalue weighted by atomic mass is 35.5. The molecule has 0 aliphatic carbocycles. The topological polar surface area (TPSA) is 41.1 Å². The van der Waals surface area contributed by atoms with Crippen LogP contribution in [0.25, 0.3) is 0 Å². The number of urea groups is 1. The largest absolute Gasteiger partial charge is 0.334 e. The second-order valence-electron chi connectivity index (χ2n) is 4.69. The number of hydrogen-bond acceptors (Lipinski definition) is 1. The first-order valence-electron chi connectivity index (χ1n) is 6.42. The number of hydrogen-bond donors (Lipinski definition) is 2. The van der Waals surface area contributed by atoms with Crippen LogP contribution in [-0.4, -0.2) is 6.03 Å². The van der Waals surface area contributed by atoms with E-state index in [1.165, 1.54) is 0 Å². The van der Waals surface area contributed by atoms with Crippen LogP contribution in [-0.2, 0) is 6.54 Å². The Balaban J connectivity index is 1.96. The van der Waals surface area contributed by atoms with Crippen LogP contribution in [0.15, 0.2) is 42.5 Å². The maximum absolute atomic E-state index is 11.9. The minimum absolute atomic E-state index is 0.237. The summed E-state index contributed by atoms with van der Waals surface area (Å²) in [6.45, 7) is 4.45. The maximum atomic E-state index is 11.9. The molecule has 2 rings (SSSR count). The standard InChI is InChI=1S/C16H17ClN2O/c1-11-5-3-4-6-13(11)10-18-16(20)19-15-9-14(17)8-7-12(15)2/h3-9H,10H2,1-2H3,(H2,18,19,20). The third-order valence-corrected chi connectivity index (χ3v) is 3.38. The maximum Gasteiger partial charge on any atom is 0.319 e. The van der Waals surface area contributed by atoms with Gasteiger partial charge >= 0.3 is 6.03 Å². The SMILES string of the molecule is Cc1ccccc1CNC(=O)Nc1cc(Cl)ccc1C. The van der Waals surface area contributed by atoms with Gasteiger partial charge in [-0.25, -0.2) is 4.79 Å². The molecular formula is C16H17ClN2O. The van der Waals surface area contributed by atoms with E-state index in [4.69, 9.17) is 11.6 Å². The number of benzene rings is 2. The Hall–Kier alpha value is -2.00. The highest BCUT2D eigenvalue weighted by Gasteiger charge is 2.05. The number of amides is 2. The summed E-state index contributed by atoms with van der Waals surface area (Å²) in [5.41, 5.74) is 3.96. The highest BCUT2D eigenvalue weighted by molar-refractivity contribution is 6.31. The number of carbonyl (C=O) groups excluding carboxylic acids is 1. The minimum atomic E-state index is -0.237. The molecule has 0 fully saturated rings. The highest BCUT2D eigenvalue weighted by Crippen LogP contribution is 2.20. The van der Waals surface area contributed by atoms with Crippen molar-refractivity contribution < 1.29 is 4.79 Å². The zero-order chi connectivity index (χ0) is 14.5. The average molecular weight is 289 g/mol. The van der Waals surface area contributed by atoms with Gasteiger partial charge in [-0.1, -0.05) is 41.9 Å². The molecule has 0 aliphatic heterocycles. The van der Waals surface area contributed by atoms with Crippen LogP contribution >= 0.6 is 11.6 Å². The van der Waals surface area contributed by atoms with Crippen LogP contribution in [0.1, 0.15) is 16.7 Å². The van der Waals surface area contributed by atoms with Crippen molar-refractivity contribution >= 4 is 23.3 Å². The molecular weight excluding hydrogens is 272 g/mol. The molecule has 0 saturated carbocycles. The summed E-state index contributed by atoms with van der Waals surface area (Å²) in [6.07, 6.45) is 0. The zero-order valence-electron chi connectivity index (χ0n) is 11.5. The van der Waals surface area contributed by atoms with Gasteiger partial charge in [-0.3, -0.25) is 0 Å². The fourth-order valence-electron chi connectivity index (χ4n) is 1.88. The summed E-state index contributed by atoms with van der Waals surface area (Å²) < 4.78 is 0. The van der Waals surface area contributed by atoms with Crippen molar-refractivity contribution in [1.82, 2.24) is 5.32 Å². The van der Waals surface area contributed by atoms with Crippen molar-refractivity contribution in [3.63, 3.8) is 0 Å². The number of nitrogens with one attached hydrogen (secondary N) is 2. The smallest absolute Gasteiger partial charge is 0.319 e. The summed E-state index contributed by atoms with van der Waals surface area (Å²) in [5, 5.41) is 6.25. The summed E-state index contributed by atoms with van der Waals surface area (Å²) in [7, 11) is 0. The number of halogens is 1. The second-order valence-corrected chi connectivity index (χ2v) is 5.13. The van der Waals surface area contributed by atoms with Gasteiger partial charge in [-0.2, -0.15) is 0 Å². The molecule has 2 amide bonds. The molecule has 3 nitrogen and oxygen atoms in total. The van der Waals surface area contributed by atoms with Gasteiger partial charge in [0.1, 0.15) is 0 Å². The van der Waals surface area contributed by atoms with E-state index >= 15 is 0 Å². The molecule has 104 valence electrons. The first-order valence-corrected chi connectivity index (χ1v) is 6.79. The zero-order valence-corrected chi connectivity index (χ0v) is 12.3. The van der Waals surface area contributed by atoms with Gasteiger partial charge in [0, 0.05) is 17.3 Å². The van der Waals surface area contributed by atoms with Crippen LogP contribution in [0, 0.1) is 13.8 Å². The Morgan fingerprint density at radius 2 is 1.85 bits per heavy atom. The lowest BCUT2D eigenvalue weighted by atomic mass is 10.1. The second kappa shape index (κ2) is 6.44. The van der Waals surface area contributed by atoms with Crippen molar-refractivity contribution in [3.05, 3.63) is 64.2 Å². The van der Waals surface area contributed by atoms with Gasteiger partial charge in [-0.15, -0.1) is 0 Å². The summed E-state index contributed by atoms with van der Waals surface area (Å²) in [4.78, 5) is 11.9. The van der Waals surface area contributed by atoms with Gasteiger partial charge in [0.05, 0.1) is 0 Å². The Morgan fingerprint density at radius 1 is 1.10 bits per heavy atom. The van der Waals surface area contributed by atoms with Gasteiger partial charge in [0.15, 0.2) is 0 Å².